The van der Waals surface area contributed by atoms with Crippen LogP contribution in [0.5, 0.6) is 0 Å². The molecule has 0 spiro atoms. The maximum Gasteiger partial charge on any atom is 0.227 e. The van der Waals surface area contributed by atoms with Gasteiger partial charge in [-0.2, -0.15) is 5.10 Å². The highest BCUT2D eigenvalue weighted by Crippen LogP contribution is 2.28. The zero-order valence-corrected chi connectivity index (χ0v) is 10.9. The summed E-state index contributed by atoms with van der Waals surface area (Å²) in [5, 5.41) is 4.09. The molecule has 0 bridgehead atoms. The highest BCUT2D eigenvalue weighted by Gasteiger charge is 2.24. The van der Waals surface area contributed by atoms with Crippen LogP contribution in [0.2, 0.25) is 0 Å². The standard InChI is InChI=1S/C14H15FN4O/c15-11-2-3-13-10(7-11)1-4-14(20)19(13)6-5-18-9-12(16)8-17-18/h2-3,7-9H,1,4-6,16H2. The smallest absolute Gasteiger partial charge is 0.227 e. The van der Waals surface area contributed by atoms with Crippen molar-refractivity contribution in [1.82, 2.24) is 9.78 Å². The minimum absolute atomic E-state index is 0.0595. The van der Waals surface area contributed by atoms with Crippen LogP contribution in [0.25, 0.3) is 0 Å². The fraction of sp³-hybridized carbons (Fsp3) is 0.286. The van der Waals surface area contributed by atoms with E-state index in [-0.39, 0.29) is 11.7 Å². The van der Waals surface area contributed by atoms with Crippen LogP contribution in [0.1, 0.15) is 12.0 Å². The minimum Gasteiger partial charge on any atom is -0.396 e. The predicted molar refractivity (Wildman–Crippen MR) is 73.7 cm³/mol. The topological polar surface area (TPSA) is 64.2 Å². The molecule has 2 heterocycles. The summed E-state index contributed by atoms with van der Waals surface area (Å²) in [6.45, 7) is 1.05. The second-order valence-corrected chi connectivity index (χ2v) is 4.86. The van der Waals surface area contributed by atoms with E-state index in [1.54, 1.807) is 28.0 Å². The summed E-state index contributed by atoms with van der Waals surface area (Å²) in [6, 6.07) is 4.55. The number of benzene rings is 1. The van der Waals surface area contributed by atoms with E-state index in [0.29, 0.717) is 31.6 Å². The van der Waals surface area contributed by atoms with Crippen LogP contribution in [0.15, 0.2) is 30.6 Å². The lowest BCUT2D eigenvalue weighted by Gasteiger charge is -2.29. The number of hydrogen-bond donors (Lipinski definition) is 1. The van der Waals surface area contributed by atoms with Crippen molar-refractivity contribution in [3.63, 3.8) is 0 Å². The van der Waals surface area contributed by atoms with Gasteiger partial charge in [0.25, 0.3) is 0 Å². The van der Waals surface area contributed by atoms with Gasteiger partial charge in [-0.05, 0) is 30.2 Å². The molecule has 1 amide bonds. The number of aryl methyl sites for hydroxylation is 1. The maximum absolute atomic E-state index is 13.2. The number of fused-ring (bicyclic) bond motifs is 1. The lowest BCUT2D eigenvalue weighted by atomic mass is 10.0. The Hall–Kier alpha value is -2.37. The van der Waals surface area contributed by atoms with Gasteiger partial charge >= 0.3 is 0 Å². The van der Waals surface area contributed by atoms with Gasteiger partial charge in [-0.3, -0.25) is 9.48 Å². The van der Waals surface area contributed by atoms with Gasteiger partial charge in [0.2, 0.25) is 5.91 Å². The monoisotopic (exact) mass is 274 g/mol. The lowest BCUT2D eigenvalue weighted by Crippen LogP contribution is -2.37. The second kappa shape index (κ2) is 4.96. The number of nitrogen functional groups attached to an aromatic ring is 1. The molecule has 5 nitrogen and oxygen atoms in total. The molecule has 1 aliphatic heterocycles. The molecule has 3 rings (SSSR count). The van der Waals surface area contributed by atoms with Crippen molar-refractivity contribution in [1.29, 1.82) is 0 Å². The lowest BCUT2D eigenvalue weighted by molar-refractivity contribution is -0.118. The Morgan fingerprint density at radius 1 is 1.30 bits per heavy atom. The Labute approximate surface area is 115 Å². The highest BCUT2D eigenvalue weighted by molar-refractivity contribution is 5.96. The van der Waals surface area contributed by atoms with E-state index < -0.39 is 0 Å². The van der Waals surface area contributed by atoms with E-state index in [2.05, 4.69) is 5.10 Å². The van der Waals surface area contributed by atoms with Gasteiger partial charge in [-0.1, -0.05) is 0 Å². The molecule has 0 radical (unpaired) electrons. The van der Waals surface area contributed by atoms with Crippen molar-refractivity contribution in [2.45, 2.75) is 19.4 Å². The second-order valence-electron chi connectivity index (χ2n) is 4.86. The Balaban J connectivity index is 1.80. The van der Waals surface area contributed by atoms with Gasteiger partial charge < -0.3 is 10.6 Å². The average Bonchev–Trinajstić information content (AvgIpc) is 2.83. The summed E-state index contributed by atoms with van der Waals surface area (Å²) >= 11 is 0. The molecule has 0 fully saturated rings. The average molecular weight is 274 g/mol. The van der Waals surface area contributed by atoms with Crippen molar-refractivity contribution >= 4 is 17.3 Å². The van der Waals surface area contributed by atoms with Crippen molar-refractivity contribution in [2.75, 3.05) is 17.2 Å². The van der Waals surface area contributed by atoms with Crippen LogP contribution >= 0.6 is 0 Å². The molecule has 1 aromatic heterocycles. The van der Waals surface area contributed by atoms with Crippen molar-refractivity contribution in [2.24, 2.45) is 0 Å². The van der Waals surface area contributed by atoms with E-state index in [1.165, 1.54) is 12.1 Å². The number of carbonyl (C=O) groups excluding carboxylic acids is 1. The van der Waals surface area contributed by atoms with Crippen LogP contribution in [0, 0.1) is 5.82 Å². The van der Waals surface area contributed by atoms with Crippen LogP contribution < -0.4 is 10.6 Å². The molecule has 0 atom stereocenters. The van der Waals surface area contributed by atoms with Crippen LogP contribution in [-0.4, -0.2) is 22.2 Å². The third-order valence-electron chi connectivity index (χ3n) is 3.45. The molecule has 1 aromatic carbocycles. The first-order valence-electron chi connectivity index (χ1n) is 6.50. The van der Waals surface area contributed by atoms with Crippen molar-refractivity contribution < 1.29 is 9.18 Å². The number of halogens is 1. The van der Waals surface area contributed by atoms with Gasteiger partial charge in [0.1, 0.15) is 5.82 Å². The Morgan fingerprint density at radius 2 is 2.15 bits per heavy atom. The molecule has 0 unspecified atom stereocenters. The third kappa shape index (κ3) is 2.36. The number of anilines is 2. The summed E-state index contributed by atoms with van der Waals surface area (Å²) in [4.78, 5) is 13.7. The third-order valence-corrected chi connectivity index (χ3v) is 3.45. The number of aromatic nitrogens is 2. The summed E-state index contributed by atoms with van der Waals surface area (Å²) in [5.74, 6) is -0.206. The Morgan fingerprint density at radius 3 is 2.90 bits per heavy atom. The van der Waals surface area contributed by atoms with Crippen molar-refractivity contribution in [3.05, 3.63) is 42.0 Å². The molecule has 1 aliphatic rings. The number of hydrogen-bond acceptors (Lipinski definition) is 3. The quantitative estimate of drug-likeness (QED) is 0.924. The van der Waals surface area contributed by atoms with E-state index >= 15 is 0 Å². The molecule has 0 saturated heterocycles. The molecule has 0 aliphatic carbocycles. The van der Waals surface area contributed by atoms with Crippen LogP contribution in [-0.2, 0) is 17.8 Å². The van der Waals surface area contributed by atoms with Gasteiger partial charge in [-0.15, -0.1) is 0 Å². The van der Waals surface area contributed by atoms with E-state index in [0.717, 1.165) is 11.3 Å². The maximum atomic E-state index is 13.2. The summed E-state index contributed by atoms with van der Waals surface area (Å²) in [6.07, 6.45) is 4.30. The molecule has 0 saturated carbocycles. The zero-order chi connectivity index (χ0) is 14.1. The largest absolute Gasteiger partial charge is 0.396 e. The first-order chi connectivity index (χ1) is 9.63. The molecular formula is C14H15FN4O. The van der Waals surface area contributed by atoms with Gasteiger partial charge in [0.05, 0.1) is 18.4 Å². The van der Waals surface area contributed by atoms with E-state index in [1.807, 2.05) is 0 Å². The number of amides is 1. The molecule has 2 aromatic rings. The minimum atomic E-state index is -0.266. The Kier molecular flexibility index (Phi) is 3.14. The first-order valence-corrected chi connectivity index (χ1v) is 6.50. The number of rotatable bonds is 3. The molecule has 20 heavy (non-hydrogen) atoms. The Bertz CT molecular complexity index is 652. The first kappa shape index (κ1) is 12.7. The SMILES string of the molecule is Nc1cnn(CCN2C(=O)CCc3cc(F)ccc32)c1. The normalized spacial score (nSPS) is 14.4. The van der Waals surface area contributed by atoms with E-state index in [9.17, 15) is 9.18 Å². The summed E-state index contributed by atoms with van der Waals surface area (Å²) in [7, 11) is 0. The fourth-order valence-corrected chi connectivity index (χ4v) is 2.48. The molecule has 6 heteroatoms. The van der Waals surface area contributed by atoms with Crippen LogP contribution in [0.4, 0.5) is 15.8 Å². The van der Waals surface area contributed by atoms with Gasteiger partial charge in [0, 0.05) is 24.8 Å². The van der Waals surface area contributed by atoms with E-state index in [4.69, 9.17) is 5.73 Å². The van der Waals surface area contributed by atoms with Gasteiger partial charge in [0.15, 0.2) is 0 Å². The number of carbonyl (C=O) groups is 1. The van der Waals surface area contributed by atoms with Crippen molar-refractivity contribution in [3.8, 4) is 0 Å². The summed E-state index contributed by atoms with van der Waals surface area (Å²) in [5.41, 5.74) is 7.87. The van der Waals surface area contributed by atoms with Crippen LogP contribution in [0.3, 0.4) is 0 Å². The summed E-state index contributed by atoms with van der Waals surface area (Å²) < 4.78 is 14.9. The van der Waals surface area contributed by atoms with Gasteiger partial charge in [-0.25, -0.2) is 4.39 Å². The highest BCUT2D eigenvalue weighted by atomic mass is 19.1. The molecular weight excluding hydrogens is 259 g/mol. The molecule has 2 N–H and O–H groups in total. The number of nitrogens with zero attached hydrogens (tertiary/aromatic N) is 3. The zero-order valence-electron chi connectivity index (χ0n) is 10.9. The fourth-order valence-electron chi connectivity index (χ4n) is 2.48. The predicted octanol–water partition coefficient (Wildman–Crippen LogP) is 1.58. The molecule has 104 valence electrons. The number of nitrogens with two attached hydrogens (primary N) is 1.